The Morgan fingerprint density at radius 1 is 1.53 bits per heavy atom. The van der Waals surface area contributed by atoms with Crippen LogP contribution in [0.5, 0.6) is 0 Å². The number of aryl methyl sites for hydroxylation is 1. The van der Waals surface area contributed by atoms with E-state index in [1.54, 1.807) is 6.07 Å². The molecule has 1 atom stereocenters. The number of methoxy groups -OCH3 is 1. The number of ether oxygens (including phenoxy) is 1. The maximum atomic E-state index is 13.3. The van der Waals surface area contributed by atoms with Gasteiger partial charge < -0.3 is 10.5 Å². The minimum absolute atomic E-state index is 0.297. The highest BCUT2D eigenvalue weighted by atomic mass is 19.1. The molecule has 2 N–H and O–H groups in total. The fourth-order valence-electron chi connectivity index (χ4n) is 2.37. The largest absolute Gasteiger partial charge is 0.468 e. The van der Waals surface area contributed by atoms with E-state index in [1.807, 2.05) is 6.92 Å². The molecule has 0 spiro atoms. The molecule has 1 aromatic carbocycles. The topological polar surface area (TPSA) is 52.3 Å². The van der Waals surface area contributed by atoms with Crippen molar-refractivity contribution in [3.05, 3.63) is 35.1 Å². The van der Waals surface area contributed by atoms with Gasteiger partial charge in [0.1, 0.15) is 11.9 Å². The first kappa shape index (κ1) is 12.0. The van der Waals surface area contributed by atoms with Crippen LogP contribution in [0.15, 0.2) is 18.2 Å². The lowest BCUT2D eigenvalue weighted by Crippen LogP contribution is -2.43. The fourth-order valence-corrected chi connectivity index (χ4v) is 2.37. The van der Waals surface area contributed by atoms with Crippen molar-refractivity contribution >= 4 is 5.97 Å². The number of hydrogen-bond donors (Lipinski definition) is 1. The van der Waals surface area contributed by atoms with E-state index in [2.05, 4.69) is 4.74 Å². The van der Waals surface area contributed by atoms with Crippen LogP contribution < -0.4 is 5.73 Å². The maximum absolute atomic E-state index is 13.3. The molecule has 4 heteroatoms. The third-order valence-electron chi connectivity index (χ3n) is 3.58. The highest BCUT2D eigenvalue weighted by molar-refractivity contribution is 5.79. The minimum Gasteiger partial charge on any atom is -0.468 e. The molecule has 3 nitrogen and oxygen atoms in total. The van der Waals surface area contributed by atoms with E-state index in [-0.39, 0.29) is 5.82 Å². The lowest BCUT2D eigenvalue weighted by atomic mass is 9.85. The molecule has 0 heterocycles. The summed E-state index contributed by atoms with van der Waals surface area (Å²) in [5, 5.41) is 0. The van der Waals surface area contributed by atoms with Crippen LogP contribution in [-0.2, 0) is 14.9 Å². The Bertz CT molecular complexity index is 455. The first-order valence-corrected chi connectivity index (χ1v) is 5.61. The molecule has 1 saturated carbocycles. The molecule has 0 amide bonds. The zero-order chi connectivity index (χ0) is 12.6. The lowest BCUT2D eigenvalue weighted by molar-refractivity contribution is -0.143. The van der Waals surface area contributed by atoms with Crippen LogP contribution in [0.4, 0.5) is 4.39 Å². The van der Waals surface area contributed by atoms with Gasteiger partial charge in [-0.05, 0) is 43.0 Å². The summed E-state index contributed by atoms with van der Waals surface area (Å²) >= 11 is 0. The summed E-state index contributed by atoms with van der Waals surface area (Å²) in [4.78, 5) is 11.5. The summed E-state index contributed by atoms with van der Waals surface area (Å²) in [6, 6.07) is 3.89. The van der Waals surface area contributed by atoms with Gasteiger partial charge in [0, 0.05) is 5.41 Å². The zero-order valence-electron chi connectivity index (χ0n) is 10.00. The number of carbonyl (C=O) groups excluding carboxylic acids is 1. The van der Waals surface area contributed by atoms with Crippen molar-refractivity contribution < 1.29 is 13.9 Å². The van der Waals surface area contributed by atoms with E-state index in [0.29, 0.717) is 0 Å². The highest BCUT2D eigenvalue weighted by Crippen LogP contribution is 2.51. The van der Waals surface area contributed by atoms with Gasteiger partial charge in [-0.3, -0.25) is 4.79 Å². The molecule has 0 saturated heterocycles. The van der Waals surface area contributed by atoms with Crippen molar-refractivity contribution in [1.29, 1.82) is 0 Å². The highest BCUT2D eigenvalue weighted by Gasteiger charge is 2.53. The Balaban J connectivity index is 2.38. The van der Waals surface area contributed by atoms with E-state index in [1.165, 1.54) is 19.2 Å². The second-order valence-electron chi connectivity index (χ2n) is 4.62. The average Bonchev–Trinajstić information content (AvgIpc) is 3.11. The number of benzene rings is 1. The van der Waals surface area contributed by atoms with Gasteiger partial charge in [0.05, 0.1) is 7.11 Å². The number of rotatable bonds is 3. The van der Waals surface area contributed by atoms with E-state index >= 15 is 0 Å². The monoisotopic (exact) mass is 237 g/mol. The fraction of sp³-hybridized carbons (Fsp3) is 0.462. The first-order valence-electron chi connectivity index (χ1n) is 5.61. The Morgan fingerprint density at radius 3 is 2.71 bits per heavy atom. The number of carbonyl (C=O) groups is 1. The van der Waals surface area contributed by atoms with Crippen molar-refractivity contribution in [1.82, 2.24) is 0 Å². The van der Waals surface area contributed by atoms with Crippen molar-refractivity contribution in [2.24, 2.45) is 5.73 Å². The summed E-state index contributed by atoms with van der Waals surface area (Å²) in [7, 11) is 1.32. The molecular formula is C13H16FNO2. The Kier molecular flexibility index (Phi) is 2.91. The van der Waals surface area contributed by atoms with Crippen molar-refractivity contribution in [3.8, 4) is 0 Å². The van der Waals surface area contributed by atoms with Gasteiger partial charge in [-0.15, -0.1) is 0 Å². The summed E-state index contributed by atoms with van der Waals surface area (Å²) in [5.41, 5.74) is 7.28. The second-order valence-corrected chi connectivity index (χ2v) is 4.62. The average molecular weight is 237 g/mol. The number of hydrogen-bond acceptors (Lipinski definition) is 3. The molecule has 0 aliphatic heterocycles. The van der Waals surface area contributed by atoms with E-state index in [0.717, 1.165) is 24.0 Å². The number of nitrogens with two attached hydrogens (primary N) is 1. The standard InChI is InChI=1S/C13H16FNO2/c1-8-3-4-9(14)7-10(8)13(5-6-13)11(15)12(16)17-2/h3-4,7,11H,5-6,15H2,1-2H3. The van der Waals surface area contributed by atoms with Gasteiger partial charge >= 0.3 is 5.97 Å². The molecular weight excluding hydrogens is 221 g/mol. The van der Waals surface area contributed by atoms with Crippen LogP contribution in [0, 0.1) is 12.7 Å². The number of halogens is 1. The smallest absolute Gasteiger partial charge is 0.323 e. The summed E-state index contributed by atoms with van der Waals surface area (Å²) in [6.45, 7) is 1.90. The van der Waals surface area contributed by atoms with Crippen LogP contribution in [-0.4, -0.2) is 19.1 Å². The Labute approximate surface area is 99.8 Å². The Hall–Kier alpha value is -1.42. The third-order valence-corrected chi connectivity index (χ3v) is 3.58. The third kappa shape index (κ3) is 1.93. The normalized spacial score (nSPS) is 18.6. The maximum Gasteiger partial charge on any atom is 0.323 e. The van der Waals surface area contributed by atoms with Crippen molar-refractivity contribution in [2.45, 2.75) is 31.2 Å². The molecule has 0 radical (unpaired) electrons. The number of esters is 1. The first-order chi connectivity index (χ1) is 8.01. The van der Waals surface area contributed by atoms with E-state index in [9.17, 15) is 9.18 Å². The van der Waals surface area contributed by atoms with Crippen molar-refractivity contribution in [3.63, 3.8) is 0 Å². The molecule has 1 fully saturated rings. The molecule has 1 aliphatic rings. The van der Waals surface area contributed by atoms with Gasteiger partial charge in [-0.2, -0.15) is 0 Å². The molecule has 1 unspecified atom stereocenters. The van der Waals surface area contributed by atoms with E-state index in [4.69, 9.17) is 5.73 Å². The molecule has 0 bridgehead atoms. The zero-order valence-corrected chi connectivity index (χ0v) is 10.00. The van der Waals surface area contributed by atoms with Gasteiger partial charge in [-0.1, -0.05) is 6.07 Å². The predicted molar refractivity (Wildman–Crippen MR) is 62.0 cm³/mol. The minimum atomic E-state index is -0.715. The van der Waals surface area contributed by atoms with Crippen LogP contribution in [0.3, 0.4) is 0 Å². The lowest BCUT2D eigenvalue weighted by Gasteiger charge is -2.23. The van der Waals surface area contributed by atoms with Gasteiger partial charge in [0.25, 0.3) is 0 Å². The molecule has 0 aromatic heterocycles. The SMILES string of the molecule is COC(=O)C(N)C1(c2cc(F)ccc2C)CC1. The van der Waals surface area contributed by atoms with Crippen LogP contribution >= 0.6 is 0 Å². The second kappa shape index (κ2) is 4.11. The Morgan fingerprint density at radius 2 is 2.18 bits per heavy atom. The molecule has 1 aromatic rings. The van der Waals surface area contributed by atoms with Crippen LogP contribution in [0.25, 0.3) is 0 Å². The van der Waals surface area contributed by atoms with Gasteiger partial charge in [0.2, 0.25) is 0 Å². The van der Waals surface area contributed by atoms with Crippen LogP contribution in [0.2, 0.25) is 0 Å². The molecule has 17 heavy (non-hydrogen) atoms. The van der Waals surface area contributed by atoms with Crippen molar-refractivity contribution in [2.75, 3.05) is 7.11 Å². The van der Waals surface area contributed by atoms with E-state index < -0.39 is 17.4 Å². The predicted octanol–water partition coefficient (Wildman–Crippen LogP) is 1.67. The molecule has 92 valence electrons. The van der Waals surface area contributed by atoms with Gasteiger partial charge in [0.15, 0.2) is 0 Å². The van der Waals surface area contributed by atoms with Gasteiger partial charge in [-0.25, -0.2) is 4.39 Å². The molecule has 1 aliphatic carbocycles. The summed E-state index contributed by atoms with van der Waals surface area (Å²) in [5.74, 6) is -0.736. The summed E-state index contributed by atoms with van der Waals surface area (Å²) in [6.07, 6.45) is 1.60. The summed E-state index contributed by atoms with van der Waals surface area (Å²) < 4.78 is 18.0. The quantitative estimate of drug-likeness (QED) is 0.813. The van der Waals surface area contributed by atoms with Crippen LogP contribution in [0.1, 0.15) is 24.0 Å². The molecule has 2 rings (SSSR count).